The Balaban J connectivity index is 1.88. The minimum atomic E-state index is -8.96. The van der Waals surface area contributed by atoms with E-state index in [9.17, 15) is 105 Å². The topological polar surface area (TPSA) is 0 Å². The van der Waals surface area contributed by atoms with Gasteiger partial charge in [0.25, 0.3) is 0 Å². The van der Waals surface area contributed by atoms with Gasteiger partial charge in [0, 0.05) is 36.5 Å². The lowest BCUT2D eigenvalue weighted by Crippen LogP contribution is -2.74. The number of rotatable bonds is 24. The van der Waals surface area contributed by atoms with Crippen LogP contribution >= 0.6 is 0 Å². The molecule has 0 saturated heterocycles. The molecule has 5 aromatic rings. The lowest BCUT2D eigenvalue weighted by Gasteiger charge is -2.44. The number of halogens is 38. The highest BCUT2D eigenvalue weighted by Crippen LogP contribution is 2.67. The summed E-state index contributed by atoms with van der Waals surface area (Å²) in [5.74, 6) is -123. The van der Waals surface area contributed by atoms with E-state index in [0.717, 1.165) is 73.6 Å². The molecule has 0 saturated carbocycles. The first kappa shape index (κ1) is 85.7. The maximum absolute atomic E-state index is 15.9. The monoisotopic (exact) mass is 1560 g/mol. The van der Waals surface area contributed by atoms with E-state index in [-0.39, 0.29) is 39.1 Å². The zero-order chi connectivity index (χ0) is 79.1. The van der Waals surface area contributed by atoms with Gasteiger partial charge in [-0.3, -0.25) is 0 Å². The average molecular weight is 1560 g/mol. The summed E-state index contributed by atoms with van der Waals surface area (Å²) in [5.41, 5.74) is -3.04. The van der Waals surface area contributed by atoms with E-state index in [0.29, 0.717) is 6.07 Å². The molecule has 0 aromatic heterocycles. The van der Waals surface area contributed by atoms with Crippen LogP contribution in [-0.2, 0) is 5.92 Å². The molecule has 5 aromatic carbocycles. The first-order valence-electron chi connectivity index (χ1n) is 28.7. The van der Waals surface area contributed by atoms with Gasteiger partial charge in [-0.15, -0.1) is 11.1 Å². The van der Waals surface area contributed by atoms with Crippen molar-refractivity contribution in [3.63, 3.8) is 0 Å². The molecular weight excluding hydrogens is 1510 g/mol. The van der Waals surface area contributed by atoms with E-state index in [2.05, 4.69) is 22.9 Å². The summed E-state index contributed by atoms with van der Waals surface area (Å²) in [6, 6.07) is 7.01. The van der Waals surface area contributed by atoms with Crippen molar-refractivity contribution in [2.75, 3.05) is 0 Å². The number of alkyl halides is 38. The molecule has 0 bridgehead atoms. The summed E-state index contributed by atoms with van der Waals surface area (Å²) >= 11 is 0. The second-order valence-corrected chi connectivity index (χ2v) is 35.7. The summed E-state index contributed by atoms with van der Waals surface area (Å²) in [7, 11) is -9.38. The van der Waals surface area contributed by atoms with Crippen LogP contribution in [0, 0.1) is 22.9 Å². The summed E-state index contributed by atoms with van der Waals surface area (Å²) in [6.07, 6.45) is -20.2. The highest BCUT2D eigenvalue weighted by molar-refractivity contribution is 6.90. The quantitative estimate of drug-likeness (QED) is 0.0250. The second kappa shape index (κ2) is 25.7. The third kappa shape index (κ3) is 12.8. The minimum Gasteiger partial charge on any atom is -0.200 e. The van der Waals surface area contributed by atoms with E-state index in [1.54, 1.807) is 0 Å². The lowest BCUT2D eigenvalue weighted by molar-refractivity contribution is -0.461. The molecule has 5 rings (SSSR count). The van der Waals surface area contributed by atoms with Gasteiger partial charge < -0.3 is 0 Å². The second-order valence-electron chi connectivity index (χ2n) is 25.4. The van der Waals surface area contributed by atoms with Crippen molar-refractivity contribution in [3.8, 4) is 22.9 Å². The number of fused-ring (bicyclic) bond motifs is 4. The van der Waals surface area contributed by atoms with E-state index >= 15 is 61.5 Å². The van der Waals surface area contributed by atoms with Crippen LogP contribution in [0.5, 0.6) is 0 Å². The summed E-state index contributed by atoms with van der Waals surface area (Å²) in [4.78, 5) is 0. The van der Waals surface area contributed by atoms with Crippen LogP contribution in [0.1, 0.15) is 91.8 Å². The third-order valence-corrected chi connectivity index (χ3v) is 29.7. The Labute approximate surface area is 547 Å². The Morgan fingerprint density at radius 1 is 0.297 bits per heavy atom. The van der Waals surface area contributed by atoms with Gasteiger partial charge in [0.1, 0.15) is 16.1 Å². The van der Waals surface area contributed by atoms with Crippen molar-refractivity contribution >= 4 is 59.2 Å². The van der Waals surface area contributed by atoms with Gasteiger partial charge in [-0.05, 0) is 108 Å². The van der Waals surface area contributed by atoms with Crippen molar-refractivity contribution in [1.29, 1.82) is 0 Å². The molecule has 0 nitrogen and oxygen atoms in total. The van der Waals surface area contributed by atoms with Crippen LogP contribution < -0.4 is 0 Å². The van der Waals surface area contributed by atoms with E-state index in [1.807, 2.05) is 0 Å². The van der Waals surface area contributed by atoms with Crippen LogP contribution in [0.2, 0.25) is 34.3 Å². The predicted octanol–water partition coefficient (Wildman–Crippen LogP) is 25.2. The van der Waals surface area contributed by atoms with Crippen molar-refractivity contribution < 1.29 is 167 Å². The molecule has 0 unspecified atom stereocenters. The van der Waals surface area contributed by atoms with Gasteiger partial charge in [0.15, 0.2) is 0 Å². The smallest absolute Gasteiger partial charge is 0.200 e. The highest BCUT2D eigenvalue weighted by atomic mass is 28.3. The molecule has 101 heavy (non-hydrogen) atoms. The van der Waals surface area contributed by atoms with Crippen molar-refractivity contribution in [3.05, 3.63) is 83.4 Å². The molecule has 0 N–H and O–H groups in total. The Kier molecular flexibility index (Phi) is 21.8. The zero-order valence-electron chi connectivity index (χ0n) is 52.4. The Hall–Kier alpha value is -5.97. The standard InChI is InChI=1S/C61H50F38Si2/c1-29(2)100(30(3)4,22-19-46(66,67)50(74,75)53(80,81)56(86,87)57(88,89)58(90,91)59(92,93)61(97,98)99)20-16-38-40-25-33-12-10-11-13-34(33)26-41(40)39(43-28-36-24-37(47(68,69)60(94,95)96)15-14-35(36)27-42(38)43)17-21-101(31(5)6,32(7)8)23-18-45(64,65)49(72,73)52(78,79)55(84,85)54(82,83)51(76,77)48(70,71)44(9,62)63/h10-15,24-32H,18-19,22-23H2,1-9H3. The van der Waals surface area contributed by atoms with Crippen LogP contribution in [0.25, 0.3) is 43.1 Å². The van der Waals surface area contributed by atoms with Gasteiger partial charge in [0.2, 0.25) is 0 Å². The Morgan fingerprint density at radius 2 is 0.554 bits per heavy atom. The summed E-state index contributed by atoms with van der Waals surface area (Å²) in [5, 5.41) is -2.49. The summed E-state index contributed by atoms with van der Waals surface area (Å²) < 4.78 is 552. The van der Waals surface area contributed by atoms with Crippen LogP contribution in [0.4, 0.5) is 167 Å². The lowest BCUT2D eigenvalue weighted by atomic mass is 9.87. The van der Waals surface area contributed by atoms with Crippen molar-refractivity contribution in [2.45, 2.75) is 217 Å². The third-order valence-electron chi connectivity index (χ3n) is 18.1. The van der Waals surface area contributed by atoms with Gasteiger partial charge >= 0.3 is 107 Å². The molecular formula is C61H50F38Si2. The largest absolute Gasteiger partial charge is 0.460 e. The fourth-order valence-corrected chi connectivity index (χ4v) is 19.9. The Morgan fingerprint density at radius 3 is 0.822 bits per heavy atom. The Bertz CT molecular complexity index is 4010. The fraction of sp³-hybridized carbons (Fsp3) is 0.574. The maximum Gasteiger partial charge on any atom is 0.460 e. The molecule has 0 amide bonds. The minimum absolute atomic E-state index is 0.0923. The normalized spacial score (nSPS) is 15.4. The first-order valence-corrected chi connectivity index (χ1v) is 33.5. The van der Waals surface area contributed by atoms with Crippen LogP contribution in [-0.4, -0.2) is 117 Å². The number of benzene rings is 5. The average Bonchev–Trinajstić information content (AvgIpc) is 0.700. The van der Waals surface area contributed by atoms with Crippen molar-refractivity contribution in [2.24, 2.45) is 0 Å². The molecule has 0 heterocycles. The molecule has 0 aliphatic rings. The fourth-order valence-electron chi connectivity index (χ4n) is 11.4. The molecule has 0 spiro atoms. The maximum atomic E-state index is 15.9. The van der Waals surface area contributed by atoms with Crippen LogP contribution in [0.3, 0.4) is 0 Å². The molecule has 568 valence electrons. The van der Waals surface area contributed by atoms with Gasteiger partial charge in [-0.1, -0.05) is 104 Å². The number of hydrogen-bond acceptors (Lipinski definition) is 0. The molecule has 0 aliphatic heterocycles. The van der Waals surface area contributed by atoms with Gasteiger partial charge in [0.05, 0.1) is 0 Å². The zero-order valence-corrected chi connectivity index (χ0v) is 54.4. The van der Waals surface area contributed by atoms with E-state index < -0.39 is 210 Å². The first-order chi connectivity index (χ1) is 44.6. The number of hydrogen-bond donors (Lipinski definition) is 0. The highest BCUT2D eigenvalue weighted by Gasteiger charge is 2.96. The summed E-state index contributed by atoms with van der Waals surface area (Å²) in [6.45, 7) is 7.29. The molecule has 0 fully saturated rings. The predicted molar refractivity (Wildman–Crippen MR) is 297 cm³/mol. The molecule has 0 aliphatic carbocycles. The molecule has 40 heteroatoms. The molecule has 0 radical (unpaired) electrons. The van der Waals surface area contributed by atoms with E-state index in [4.69, 9.17) is 0 Å². The van der Waals surface area contributed by atoms with Crippen LogP contribution in [0.15, 0.2) is 66.7 Å². The van der Waals surface area contributed by atoms with E-state index in [1.165, 1.54) is 30.3 Å². The van der Waals surface area contributed by atoms with Gasteiger partial charge in [-0.2, -0.15) is 167 Å². The molecule has 0 atom stereocenters. The van der Waals surface area contributed by atoms with Crippen molar-refractivity contribution in [1.82, 2.24) is 0 Å². The SMILES string of the molecule is CC(C)[Si](C#Cc1c2cc3ccccc3cc2c(C#C[Si](CCC(F)(F)C(F)(F)C(F)(F)C(F)(F)C(F)(F)C(F)(F)C(F)(F)C(F)(F)F)(C(C)C)C(C)C)c2cc3ccc(C(F)(F)C(F)(F)F)cc3cc12)(CCC(F)(F)C(F)(F)C(F)(F)C(F)(F)C(F)(F)C(F)(F)C(F)(F)C(C)(F)F)C(C)C. The van der Waals surface area contributed by atoms with Gasteiger partial charge in [-0.25, -0.2) is 0 Å².